The lowest BCUT2D eigenvalue weighted by Gasteiger charge is -2.27. The normalized spacial score (nSPS) is 23.9. The van der Waals surface area contributed by atoms with Gasteiger partial charge in [0.15, 0.2) is 0 Å². The average Bonchev–Trinajstić information content (AvgIpc) is 2.47. The van der Waals surface area contributed by atoms with Gasteiger partial charge in [-0.3, -0.25) is 4.79 Å². The number of nitrogens with zero attached hydrogens (tertiary/aromatic N) is 1. The van der Waals surface area contributed by atoms with Gasteiger partial charge in [-0.2, -0.15) is 0 Å². The van der Waals surface area contributed by atoms with Crippen LogP contribution < -0.4 is 5.32 Å². The molecule has 2 atom stereocenters. The van der Waals surface area contributed by atoms with E-state index in [-0.39, 0.29) is 5.41 Å². The highest BCUT2D eigenvalue weighted by atomic mass is 16.2. The molecule has 1 aliphatic rings. The maximum absolute atomic E-state index is 11.9. The van der Waals surface area contributed by atoms with E-state index in [1.807, 2.05) is 4.90 Å². The molecule has 0 aromatic carbocycles. The third-order valence-corrected chi connectivity index (χ3v) is 3.49. The van der Waals surface area contributed by atoms with Crippen molar-refractivity contribution in [1.29, 1.82) is 0 Å². The molecule has 0 radical (unpaired) electrons. The topological polar surface area (TPSA) is 32.3 Å². The summed E-state index contributed by atoms with van der Waals surface area (Å²) < 4.78 is 0. The second kappa shape index (κ2) is 5.17. The Morgan fingerprint density at radius 2 is 2.12 bits per heavy atom. The molecule has 94 valence electrons. The number of likely N-dealkylation sites (N-methyl/N-ethyl adjacent to an activating group) is 1. The summed E-state index contributed by atoms with van der Waals surface area (Å²) in [5, 5.41) is 3.35. The van der Waals surface area contributed by atoms with Gasteiger partial charge in [-0.15, -0.1) is 0 Å². The molecule has 16 heavy (non-hydrogen) atoms. The molecule has 0 spiro atoms. The fourth-order valence-corrected chi connectivity index (χ4v) is 2.27. The van der Waals surface area contributed by atoms with E-state index < -0.39 is 0 Å². The number of hydrogen-bond donors (Lipinski definition) is 1. The van der Waals surface area contributed by atoms with Crippen LogP contribution in [0.1, 0.15) is 41.0 Å². The van der Waals surface area contributed by atoms with Gasteiger partial charge in [0, 0.05) is 25.6 Å². The number of carbonyl (C=O) groups is 1. The molecule has 1 fully saturated rings. The molecule has 1 N–H and O–H groups in total. The molecule has 0 aromatic heterocycles. The minimum absolute atomic E-state index is 0.242. The van der Waals surface area contributed by atoms with Gasteiger partial charge >= 0.3 is 0 Å². The molecule has 1 rings (SSSR count). The Bertz CT molecular complexity index is 245. The van der Waals surface area contributed by atoms with Crippen molar-refractivity contribution in [2.24, 2.45) is 11.3 Å². The Hall–Kier alpha value is -0.570. The predicted octanol–water partition coefficient (Wildman–Crippen LogP) is 1.88. The van der Waals surface area contributed by atoms with Crippen LogP contribution in [-0.2, 0) is 4.79 Å². The molecule has 0 bridgehead atoms. The summed E-state index contributed by atoms with van der Waals surface area (Å²) in [6, 6.07) is 0.396. The fourth-order valence-electron chi connectivity index (χ4n) is 2.27. The van der Waals surface area contributed by atoms with Crippen molar-refractivity contribution in [3.8, 4) is 0 Å². The largest absolute Gasteiger partial charge is 0.341 e. The molecule has 0 aliphatic carbocycles. The first-order valence-corrected chi connectivity index (χ1v) is 6.35. The predicted molar refractivity (Wildman–Crippen MR) is 67.3 cm³/mol. The van der Waals surface area contributed by atoms with Crippen LogP contribution in [0.15, 0.2) is 0 Å². The van der Waals surface area contributed by atoms with E-state index in [4.69, 9.17) is 0 Å². The van der Waals surface area contributed by atoms with Gasteiger partial charge in [0.25, 0.3) is 0 Å². The number of nitrogens with one attached hydrogen (secondary N) is 1. The first-order chi connectivity index (χ1) is 7.34. The second-order valence-electron chi connectivity index (χ2n) is 6.02. The molecule has 3 heteroatoms. The SMILES string of the molecule is CCNC(C)CN1CC(C(C)(C)C)CC1=O. The van der Waals surface area contributed by atoms with Crippen molar-refractivity contribution in [2.75, 3.05) is 19.6 Å². The molecule has 0 aromatic rings. The Labute approximate surface area is 99.6 Å². The quantitative estimate of drug-likeness (QED) is 0.794. The van der Waals surface area contributed by atoms with Crippen LogP contribution in [-0.4, -0.2) is 36.5 Å². The lowest BCUT2D eigenvalue weighted by atomic mass is 9.80. The summed E-state index contributed by atoms with van der Waals surface area (Å²) in [5.74, 6) is 0.832. The third-order valence-electron chi connectivity index (χ3n) is 3.49. The molecular weight excluding hydrogens is 200 g/mol. The molecule has 1 heterocycles. The maximum Gasteiger partial charge on any atom is 0.222 e. The van der Waals surface area contributed by atoms with Gasteiger partial charge in [0.2, 0.25) is 5.91 Å². The van der Waals surface area contributed by atoms with Crippen LogP contribution in [0.4, 0.5) is 0 Å². The highest BCUT2D eigenvalue weighted by molar-refractivity contribution is 5.78. The average molecular weight is 226 g/mol. The minimum Gasteiger partial charge on any atom is -0.341 e. The van der Waals surface area contributed by atoms with Crippen molar-refractivity contribution in [3.63, 3.8) is 0 Å². The fraction of sp³-hybridized carbons (Fsp3) is 0.923. The van der Waals surface area contributed by atoms with Gasteiger partial charge in [-0.05, 0) is 24.8 Å². The molecule has 3 nitrogen and oxygen atoms in total. The zero-order chi connectivity index (χ0) is 12.3. The van der Waals surface area contributed by atoms with Crippen molar-refractivity contribution >= 4 is 5.91 Å². The Morgan fingerprint density at radius 1 is 1.50 bits per heavy atom. The van der Waals surface area contributed by atoms with Crippen LogP contribution in [0.5, 0.6) is 0 Å². The van der Waals surface area contributed by atoms with E-state index in [1.165, 1.54) is 0 Å². The summed E-state index contributed by atoms with van der Waals surface area (Å²) in [7, 11) is 0. The zero-order valence-electron chi connectivity index (χ0n) is 11.3. The van der Waals surface area contributed by atoms with Gasteiger partial charge in [0.05, 0.1) is 0 Å². The van der Waals surface area contributed by atoms with E-state index in [1.54, 1.807) is 0 Å². The molecule has 1 aliphatic heterocycles. The molecule has 2 unspecified atom stereocenters. The second-order valence-corrected chi connectivity index (χ2v) is 6.02. The lowest BCUT2D eigenvalue weighted by molar-refractivity contribution is -0.128. The first kappa shape index (κ1) is 13.5. The molecule has 1 saturated heterocycles. The van der Waals surface area contributed by atoms with Crippen LogP contribution in [0, 0.1) is 11.3 Å². The van der Waals surface area contributed by atoms with E-state index in [0.717, 1.165) is 26.1 Å². The van der Waals surface area contributed by atoms with Gasteiger partial charge in [-0.1, -0.05) is 27.7 Å². The van der Waals surface area contributed by atoms with Crippen LogP contribution in [0.2, 0.25) is 0 Å². The van der Waals surface area contributed by atoms with Crippen LogP contribution >= 0.6 is 0 Å². The summed E-state index contributed by atoms with van der Waals surface area (Å²) in [6.07, 6.45) is 0.725. The minimum atomic E-state index is 0.242. The molecular formula is C13H26N2O. The van der Waals surface area contributed by atoms with E-state index in [2.05, 4.69) is 39.9 Å². The number of likely N-dealkylation sites (tertiary alicyclic amines) is 1. The smallest absolute Gasteiger partial charge is 0.222 e. The number of amides is 1. The van der Waals surface area contributed by atoms with Crippen molar-refractivity contribution < 1.29 is 4.79 Å². The standard InChI is InChI=1S/C13H26N2O/c1-6-14-10(2)8-15-9-11(7-12(15)16)13(3,4)5/h10-11,14H,6-9H2,1-5H3. The van der Waals surface area contributed by atoms with Crippen molar-refractivity contribution in [3.05, 3.63) is 0 Å². The maximum atomic E-state index is 11.9. The monoisotopic (exact) mass is 226 g/mol. The highest BCUT2D eigenvalue weighted by Gasteiger charge is 2.36. The Balaban J connectivity index is 2.49. The summed E-state index contributed by atoms with van der Waals surface area (Å²) in [5.41, 5.74) is 0.242. The molecule has 1 amide bonds. The van der Waals surface area contributed by atoms with Crippen molar-refractivity contribution in [1.82, 2.24) is 10.2 Å². The van der Waals surface area contributed by atoms with Crippen LogP contribution in [0.25, 0.3) is 0 Å². The number of hydrogen-bond acceptors (Lipinski definition) is 2. The Morgan fingerprint density at radius 3 is 2.56 bits per heavy atom. The summed E-state index contributed by atoms with van der Waals surface area (Å²) in [6.45, 7) is 13.6. The molecule has 0 saturated carbocycles. The van der Waals surface area contributed by atoms with E-state index in [9.17, 15) is 4.79 Å². The third kappa shape index (κ3) is 3.48. The van der Waals surface area contributed by atoms with E-state index in [0.29, 0.717) is 17.9 Å². The van der Waals surface area contributed by atoms with Crippen LogP contribution in [0.3, 0.4) is 0 Å². The van der Waals surface area contributed by atoms with Gasteiger partial charge in [-0.25, -0.2) is 0 Å². The van der Waals surface area contributed by atoms with E-state index >= 15 is 0 Å². The summed E-state index contributed by atoms with van der Waals surface area (Å²) >= 11 is 0. The summed E-state index contributed by atoms with van der Waals surface area (Å²) in [4.78, 5) is 13.9. The Kier molecular flexibility index (Phi) is 4.36. The zero-order valence-corrected chi connectivity index (χ0v) is 11.3. The van der Waals surface area contributed by atoms with Crippen molar-refractivity contribution in [2.45, 2.75) is 47.1 Å². The van der Waals surface area contributed by atoms with Gasteiger partial charge in [0.1, 0.15) is 0 Å². The first-order valence-electron chi connectivity index (χ1n) is 6.35. The lowest BCUT2D eigenvalue weighted by Crippen LogP contribution is -2.40. The van der Waals surface area contributed by atoms with Gasteiger partial charge < -0.3 is 10.2 Å². The highest BCUT2D eigenvalue weighted by Crippen LogP contribution is 2.34. The number of rotatable bonds is 4. The number of carbonyl (C=O) groups excluding carboxylic acids is 1.